The van der Waals surface area contributed by atoms with Gasteiger partial charge in [0.2, 0.25) is 0 Å². The lowest BCUT2D eigenvalue weighted by Crippen LogP contribution is -2.12. The molecule has 0 aliphatic rings. The highest BCUT2D eigenvalue weighted by molar-refractivity contribution is 5.90. The summed E-state index contributed by atoms with van der Waals surface area (Å²) in [6.45, 7) is 15.3. The van der Waals surface area contributed by atoms with E-state index in [1.807, 2.05) is 0 Å². The van der Waals surface area contributed by atoms with Crippen molar-refractivity contribution < 1.29 is 0 Å². The molecule has 0 fully saturated rings. The zero-order valence-corrected chi connectivity index (χ0v) is 11.9. The van der Waals surface area contributed by atoms with Crippen LogP contribution < -0.4 is 0 Å². The van der Waals surface area contributed by atoms with Crippen molar-refractivity contribution in [1.29, 1.82) is 0 Å². The van der Waals surface area contributed by atoms with Crippen molar-refractivity contribution in [3.8, 4) is 0 Å². The largest absolute Gasteiger partial charge is 0.358 e. The SMILES string of the molecule is Cc1nc(C)c2c(C(C)(C)C)c(C)[nH]c2c1C. The van der Waals surface area contributed by atoms with Gasteiger partial charge < -0.3 is 4.98 Å². The summed E-state index contributed by atoms with van der Waals surface area (Å²) < 4.78 is 0. The van der Waals surface area contributed by atoms with Crippen molar-refractivity contribution in [2.75, 3.05) is 0 Å². The third kappa shape index (κ3) is 1.76. The molecule has 2 rings (SSSR count). The van der Waals surface area contributed by atoms with E-state index in [-0.39, 0.29) is 5.41 Å². The standard InChI is InChI=1S/C15H22N2/c1-8-9(2)16-10(3)12-13(15(5,6)7)11(4)17-14(8)12/h17H,1-7H3. The fraction of sp³-hybridized carbons (Fsp3) is 0.533. The Morgan fingerprint density at radius 1 is 0.941 bits per heavy atom. The summed E-state index contributed by atoms with van der Waals surface area (Å²) in [5.74, 6) is 0. The van der Waals surface area contributed by atoms with E-state index in [2.05, 4.69) is 58.4 Å². The van der Waals surface area contributed by atoms with Crippen LogP contribution >= 0.6 is 0 Å². The molecule has 2 nitrogen and oxygen atoms in total. The van der Waals surface area contributed by atoms with Gasteiger partial charge in [-0.2, -0.15) is 0 Å². The van der Waals surface area contributed by atoms with Crippen molar-refractivity contribution in [3.05, 3.63) is 28.2 Å². The number of hydrogen-bond acceptors (Lipinski definition) is 1. The van der Waals surface area contributed by atoms with Crippen LogP contribution in [0.2, 0.25) is 0 Å². The Hall–Kier alpha value is -1.31. The fourth-order valence-electron chi connectivity index (χ4n) is 2.78. The van der Waals surface area contributed by atoms with Gasteiger partial charge in [-0.05, 0) is 44.2 Å². The Kier molecular flexibility index (Phi) is 2.57. The van der Waals surface area contributed by atoms with E-state index in [9.17, 15) is 0 Å². The molecule has 0 aliphatic heterocycles. The van der Waals surface area contributed by atoms with Crippen molar-refractivity contribution in [1.82, 2.24) is 9.97 Å². The Morgan fingerprint density at radius 3 is 2.06 bits per heavy atom. The second kappa shape index (κ2) is 3.59. The first-order valence-electron chi connectivity index (χ1n) is 6.20. The molecule has 0 aromatic carbocycles. The summed E-state index contributed by atoms with van der Waals surface area (Å²) >= 11 is 0. The van der Waals surface area contributed by atoms with Crippen molar-refractivity contribution in [2.45, 2.75) is 53.9 Å². The highest BCUT2D eigenvalue weighted by Crippen LogP contribution is 2.36. The van der Waals surface area contributed by atoms with E-state index in [0.717, 1.165) is 11.4 Å². The van der Waals surface area contributed by atoms with Gasteiger partial charge in [-0.3, -0.25) is 4.98 Å². The summed E-state index contributed by atoms with van der Waals surface area (Å²) in [5.41, 5.74) is 7.61. The molecule has 2 heterocycles. The van der Waals surface area contributed by atoms with Crippen LogP contribution in [-0.4, -0.2) is 9.97 Å². The molecule has 0 atom stereocenters. The minimum absolute atomic E-state index is 0.149. The number of pyridine rings is 1. The highest BCUT2D eigenvalue weighted by Gasteiger charge is 2.24. The molecule has 17 heavy (non-hydrogen) atoms. The summed E-state index contributed by atoms with van der Waals surface area (Å²) in [6.07, 6.45) is 0. The van der Waals surface area contributed by atoms with Gasteiger partial charge in [0.1, 0.15) is 0 Å². The van der Waals surface area contributed by atoms with Crippen LogP contribution in [0.25, 0.3) is 10.9 Å². The molecule has 0 amide bonds. The fourth-order valence-corrected chi connectivity index (χ4v) is 2.78. The maximum atomic E-state index is 4.67. The number of rotatable bonds is 0. The minimum atomic E-state index is 0.149. The second-order valence-corrected chi connectivity index (χ2v) is 6.03. The average Bonchev–Trinajstić information content (AvgIpc) is 2.52. The van der Waals surface area contributed by atoms with Crippen LogP contribution in [0.5, 0.6) is 0 Å². The molecule has 0 radical (unpaired) electrons. The van der Waals surface area contributed by atoms with Gasteiger partial charge in [-0.1, -0.05) is 20.8 Å². The maximum absolute atomic E-state index is 4.67. The van der Waals surface area contributed by atoms with Gasteiger partial charge in [0, 0.05) is 22.5 Å². The topological polar surface area (TPSA) is 28.7 Å². The molecule has 0 spiro atoms. The summed E-state index contributed by atoms with van der Waals surface area (Å²) in [6, 6.07) is 0. The van der Waals surface area contributed by atoms with E-state index in [1.165, 1.54) is 27.7 Å². The Bertz CT molecular complexity index is 583. The predicted octanol–water partition coefficient (Wildman–Crippen LogP) is 4.09. The van der Waals surface area contributed by atoms with Crippen molar-refractivity contribution in [2.24, 2.45) is 0 Å². The van der Waals surface area contributed by atoms with E-state index in [0.29, 0.717) is 0 Å². The van der Waals surface area contributed by atoms with Crippen LogP contribution in [0, 0.1) is 27.7 Å². The number of aromatic amines is 1. The maximum Gasteiger partial charge on any atom is 0.0525 e. The number of hydrogen-bond donors (Lipinski definition) is 1. The number of aryl methyl sites for hydroxylation is 4. The molecule has 1 N–H and O–H groups in total. The number of nitrogens with zero attached hydrogens (tertiary/aromatic N) is 1. The van der Waals surface area contributed by atoms with E-state index >= 15 is 0 Å². The average molecular weight is 230 g/mol. The number of fused-ring (bicyclic) bond motifs is 1. The number of aromatic nitrogens is 2. The highest BCUT2D eigenvalue weighted by atomic mass is 14.8. The molecule has 2 aromatic heterocycles. The molecule has 0 saturated carbocycles. The third-order valence-corrected chi connectivity index (χ3v) is 3.55. The van der Waals surface area contributed by atoms with Crippen LogP contribution in [0.3, 0.4) is 0 Å². The number of nitrogens with one attached hydrogen (secondary N) is 1. The van der Waals surface area contributed by atoms with Gasteiger partial charge in [0.15, 0.2) is 0 Å². The lowest BCUT2D eigenvalue weighted by atomic mass is 9.84. The molecule has 2 heteroatoms. The lowest BCUT2D eigenvalue weighted by molar-refractivity contribution is 0.591. The molecular weight excluding hydrogens is 208 g/mol. The first-order chi connectivity index (χ1) is 7.73. The lowest BCUT2D eigenvalue weighted by Gasteiger charge is -2.20. The van der Waals surface area contributed by atoms with Crippen molar-refractivity contribution >= 4 is 10.9 Å². The first kappa shape index (κ1) is 12.2. The Labute approximate surface area is 103 Å². The normalized spacial score (nSPS) is 12.4. The zero-order chi connectivity index (χ0) is 13.0. The van der Waals surface area contributed by atoms with Crippen LogP contribution in [0.4, 0.5) is 0 Å². The van der Waals surface area contributed by atoms with Gasteiger partial charge in [0.25, 0.3) is 0 Å². The van der Waals surface area contributed by atoms with Gasteiger partial charge in [-0.15, -0.1) is 0 Å². The smallest absolute Gasteiger partial charge is 0.0525 e. The predicted molar refractivity (Wildman–Crippen MR) is 73.7 cm³/mol. The quantitative estimate of drug-likeness (QED) is 0.725. The molecular formula is C15H22N2. The van der Waals surface area contributed by atoms with Gasteiger partial charge >= 0.3 is 0 Å². The van der Waals surface area contributed by atoms with Gasteiger partial charge in [0.05, 0.1) is 5.52 Å². The molecule has 0 bridgehead atoms. The zero-order valence-electron chi connectivity index (χ0n) is 11.9. The third-order valence-electron chi connectivity index (χ3n) is 3.55. The van der Waals surface area contributed by atoms with Crippen molar-refractivity contribution in [3.63, 3.8) is 0 Å². The number of H-pyrrole nitrogens is 1. The monoisotopic (exact) mass is 230 g/mol. The molecule has 2 aromatic rings. The molecule has 92 valence electrons. The Balaban J connectivity index is 2.97. The minimum Gasteiger partial charge on any atom is -0.358 e. The molecule has 0 saturated heterocycles. The summed E-state index contributed by atoms with van der Waals surface area (Å²) in [7, 11) is 0. The van der Waals surface area contributed by atoms with E-state index in [1.54, 1.807) is 0 Å². The second-order valence-electron chi connectivity index (χ2n) is 6.03. The van der Waals surface area contributed by atoms with Gasteiger partial charge in [-0.25, -0.2) is 0 Å². The first-order valence-corrected chi connectivity index (χ1v) is 6.20. The molecule has 0 unspecified atom stereocenters. The van der Waals surface area contributed by atoms with Crippen LogP contribution in [-0.2, 0) is 5.41 Å². The van der Waals surface area contributed by atoms with E-state index < -0.39 is 0 Å². The summed E-state index contributed by atoms with van der Waals surface area (Å²) in [4.78, 5) is 8.21. The van der Waals surface area contributed by atoms with Crippen LogP contribution in [0.15, 0.2) is 0 Å². The molecule has 0 aliphatic carbocycles. The summed E-state index contributed by atoms with van der Waals surface area (Å²) in [5, 5.41) is 1.32. The van der Waals surface area contributed by atoms with E-state index in [4.69, 9.17) is 0 Å². The van der Waals surface area contributed by atoms with Crippen LogP contribution in [0.1, 0.15) is 49.0 Å². The Morgan fingerprint density at radius 2 is 1.53 bits per heavy atom.